The molecule has 3 N–H and O–H groups in total. The van der Waals surface area contributed by atoms with Crippen LogP contribution in [0.3, 0.4) is 0 Å². The van der Waals surface area contributed by atoms with Gasteiger partial charge in [0.2, 0.25) is 5.91 Å². The molecule has 0 radical (unpaired) electrons. The SMILES string of the molecule is CCNC(CN1CCCC(C(F)(F)F)C1)C(N)=O. The van der Waals surface area contributed by atoms with Gasteiger partial charge in [-0.05, 0) is 25.9 Å². The van der Waals surface area contributed by atoms with Crippen LogP contribution < -0.4 is 11.1 Å². The van der Waals surface area contributed by atoms with Crippen LogP contribution in [0.4, 0.5) is 13.2 Å². The number of hydrogen-bond acceptors (Lipinski definition) is 3. The van der Waals surface area contributed by atoms with Crippen molar-refractivity contribution in [2.45, 2.75) is 32.0 Å². The van der Waals surface area contributed by atoms with Crippen LogP contribution in [-0.2, 0) is 4.79 Å². The monoisotopic (exact) mass is 267 g/mol. The van der Waals surface area contributed by atoms with Gasteiger partial charge in [-0.1, -0.05) is 6.92 Å². The first-order valence-corrected chi connectivity index (χ1v) is 6.16. The summed E-state index contributed by atoms with van der Waals surface area (Å²) in [6.07, 6.45) is -3.48. The Balaban J connectivity index is 2.53. The minimum atomic E-state index is -4.15. The van der Waals surface area contributed by atoms with Crippen LogP contribution >= 0.6 is 0 Å². The maximum atomic E-state index is 12.6. The molecule has 0 aromatic rings. The summed E-state index contributed by atoms with van der Waals surface area (Å²) in [5.41, 5.74) is 5.21. The highest BCUT2D eigenvalue weighted by atomic mass is 19.4. The van der Waals surface area contributed by atoms with Crippen LogP contribution in [0.15, 0.2) is 0 Å². The van der Waals surface area contributed by atoms with E-state index in [2.05, 4.69) is 5.32 Å². The minimum absolute atomic E-state index is 0.0430. The molecule has 1 saturated heterocycles. The Labute approximate surface area is 105 Å². The van der Waals surface area contributed by atoms with Crippen LogP contribution in [0.1, 0.15) is 19.8 Å². The molecule has 1 aliphatic heterocycles. The van der Waals surface area contributed by atoms with E-state index in [9.17, 15) is 18.0 Å². The molecule has 1 amide bonds. The Bertz CT molecular complexity index is 283. The van der Waals surface area contributed by atoms with Crippen molar-refractivity contribution in [1.82, 2.24) is 10.2 Å². The van der Waals surface area contributed by atoms with Gasteiger partial charge < -0.3 is 16.0 Å². The van der Waals surface area contributed by atoms with Crippen molar-refractivity contribution in [1.29, 1.82) is 0 Å². The number of primary amides is 1. The molecule has 18 heavy (non-hydrogen) atoms. The predicted octanol–water partition coefficient (Wildman–Crippen LogP) is 0.724. The second kappa shape index (κ2) is 6.38. The van der Waals surface area contributed by atoms with E-state index < -0.39 is 24.0 Å². The van der Waals surface area contributed by atoms with Gasteiger partial charge in [-0.3, -0.25) is 4.79 Å². The summed E-state index contributed by atoms with van der Waals surface area (Å²) >= 11 is 0. The van der Waals surface area contributed by atoms with Crippen molar-refractivity contribution < 1.29 is 18.0 Å². The van der Waals surface area contributed by atoms with Crippen LogP contribution in [0.2, 0.25) is 0 Å². The third kappa shape index (κ3) is 4.45. The summed E-state index contributed by atoms with van der Waals surface area (Å²) in [4.78, 5) is 12.8. The van der Waals surface area contributed by atoms with Crippen molar-refractivity contribution in [2.24, 2.45) is 11.7 Å². The second-order valence-corrected chi connectivity index (χ2v) is 4.65. The van der Waals surface area contributed by atoms with E-state index in [0.29, 0.717) is 19.5 Å². The van der Waals surface area contributed by atoms with Crippen molar-refractivity contribution in [3.63, 3.8) is 0 Å². The van der Waals surface area contributed by atoms with E-state index in [1.54, 1.807) is 4.90 Å². The summed E-state index contributed by atoms with van der Waals surface area (Å²) in [7, 11) is 0. The average Bonchev–Trinajstić information content (AvgIpc) is 2.27. The number of carbonyl (C=O) groups excluding carboxylic acids is 1. The molecule has 2 atom stereocenters. The van der Waals surface area contributed by atoms with Crippen LogP contribution in [-0.4, -0.2) is 49.2 Å². The van der Waals surface area contributed by atoms with Crippen LogP contribution in [0.5, 0.6) is 0 Å². The third-order valence-corrected chi connectivity index (χ3v) is 3.20. The number of hydrogen-bond donors (Lipinski definition) is 2. The highest BCUT2D eigenvalue weighted by Gasteiger charge is 2.42. The van der Waals surface area contributed by atoms with E-state index in [1.165, 1.54) is 0 Å². The number of nitrogens with one attached hydrogen (secondary N) is 1. The Morgan fingerprint density at radius 2 is 2.22 bits per heavy atom. The second-order valence-electron chi connectivity index (χ2n) is 4.65. The van der Waals surface area contributed by atoms with Gasteiger partial charge in [-0.15, -0.1) is 0 Å². The molecule has 0 spiro atoms. The molecule has 0 aromatic carbocycles. The number of alkyl halides is 3. The molecule has 106 valence electrons. The summed E-state index contributed by atoms with van der Waals surface area (Å²) in [6, 6.07) is -0.581. The normalized spacial score (nSPS) is 23.9. The first-order chi connectivity index (χ1) is 8.34. The van der Waals surface area contributed by atoms with Gasteiger partial charge in [0.15, 0.2) is 0 Å². The Kier molecular flexibility index (Phi) is 5.40. The van der Waals surface area contributed by atoms with Gasteiger partial charge in [0.05, 0.1) is 12.0 Å². The van der Waals surface area contributed by atoms with Crippen LogP contribution in [0.25, 0.3) is 0 Å². The van der Waals surface area contributed by atoms with E-state index in [1.807, 2.05) is 6.92 Å². The zero-order valence-electron chi connectivity index (χ0n) is 10.5. The van der Waals surface area contributed by atoms with Crippen LogP contribution in [0, 0.1) is 5.92 Å². The number of halogens is 3. The Morgan fingerprint density at radius 3 is 2.72 bits per heavy atom. The highest BCUT2D eigenvalue weighted by molar-refractivity contribution is 5.80. The molecule has 7 heteroatoms. The lowest BCUT2D eigenvalue weighted by atomic mass is 9.97. The standard InChI is InChI=1S/C11H20F3N3O/c1-2-16-9(10(15)18)7-17-5-3-4-8(6-17)11(12,13)14/h8-9,16H,2-7H2,1H3,(H2,15,18). The van der Waals surface area contributed by atoms with Gasteiger partial charge in [0, 0.05) is 13.1 Å². The molecule has 4 nitrogen and oxygen atoms in total. The summed E-state index contributed by atoms with van der Waals surface area (Å²) in [5.74, 6) is -1.81. The lowest BCUT2D eigenvalue weighted by Crippen LogP contribution is -2.52. The third-order valence-electron chi connectivity index (χ3n) is 3.20. The van der Waals surface area contributed by atoms with Crippen molar-refractivity contribution in [3.05, 3.63) is 0 Å². The number of rotatable bonds is 5. The molecule has 1 aliphatic rings. The molecule has 0 saturated carbocycles. The maximum Gasteiger partial charge on any atom is 0.393 e. The lowest BCUT2D eigenvalue weighted by molar-refractivity contribution is -0.186. The van der Waals surface area contributed by atoms with E-state index in [-0.39, 0.29) is 19.5 Å². The number of likely N-dealkylation sites (N-methyl/N-ethyl adjacent to an activating group) is 1. The van der Waals surface area contributed by atoms with Gasteiger partial charge in [0.1, 0.15) is 0 Å². The Hall–Kier alpha value is -0.820. The fourth-order valence-electron chi connectivity index (χ4n) is 2.25. The molecular formula is C11H20F3N3O. The smallest absolute Gasteiger partial charge is 0.368 e. The van der Waals surface area contributed by atoms with Crippen molar-refractivity contribution >= 4 is 5.91 Å². The fraction of sp³-hybridized carbons (Fsp3) is 0.909. The molecular weight excluding hydrogens is 247 g/mol. The first kappa shape index (κ1) is 15.2. The fourth-order valence-corrected chi connectivity index (χ4v) is 2.25. The first-order valence-electron chi connectivity index (χ1n) is 6.16. The van der Waals surface area contributed by atoms with E-state index in [4.69, 9.17) is 5.73 Å². The summed E-state index contributed by atoms with van der Waals surface area (Å²) < 4.78 is 37.9. The largest absolute Gasteiger partial charge is 0.393 e. The molecule has 1 heterocycles. The van der Waals surface area contributed by atoms with Gasteiger partial charge in [0.25, 0.3) is 0 Å². The molecule has 0 aromatic heterocycles. The number of nitrogens with two attached hydrogens (primary N) is 1. The number of nitrogens with zero attached hydrogens (tertiary/aromatic N) is 1. The highest BCUT2D eigenvalue weighted by Crippen LogP contribution is 2.32. The topological polar surface area (TPSA) is 58.4 Å². The molecule has 1 rings (SSSR count). The number of amides is 1. The molecule has 0 aliphatic carbocycles. The summed E-state index contributed by atoms with van der Waals surface area (Å²) in [6.45, 7) is 3.17. The predicted molar refractivity (Wildman–Crippen MR) is 61.9 cm³/mol. The lowest BCUT2D eigenvalue weighted by Gasteiger charge is -2.35. The van der Waals surface area contributed by atoms with Gasteiger partial charge >= 0.3 is 6.18 Å². The van der Waals surface area contributed by atoms with Gasteiger partial charge in [-0.2, -0.15) is 13.2 Å². The molecule has 0 bridgehead atoms. The summed E-state index contributed by atoms with van der Waals surface area (Å²) in [5, 5.41) is 2.89. The average molecular weight is 267 g/mol. The molecule has 2 unspecified atom stereocenters. The van der Waals surface area contributed by atoms with Crippen molar-refractivity contribution in [2.75, 3.05) is 26.2 Å². The Morgan fingerprint density at radius 1 is 1.56 bits per heavy atom. The number of piperidine rings is 1. The van der Waals surface area contributed by atoms with Crippen molar-refractivity contribution in [3.8, 4) is 0 Å². The minimum Gasteiger partial charge on any atom is -0.368 e. The number of carbonyl (C=O) groups is 1. The zero-order valence-corrected chi connectivity index (χ0v) is 10.5. The maximum absolute atomic E-state index is 12.6. The van der Waals surface area contributed by atoms with Gasteiger partial charge in [-0.25, -0.2) is 0 Å². The van der Waals surface area contributed by atoms with E-state index >= 15 is 0 Å². The number of likely N-dealkylation sites (tertiary alicyclic amines) is 1. The molecule has 1 fully saturated rings. The van der Waals surface area contributed by atoms with E-state index in [0.717, 1.165) is 0 Å². The zero-order chi connectivity index (χ0) is 13.8. The quantitative estimate of drug-likeness (QED) is 0.772.